The first kappa shape index (κ1) is 18.6. The fourth-order valence-corrected chi connectivity index (χ4v) is 2.19. The molecule has 0 spiro atoms. The molecule has 0 aliphatic carbocycles. The largest absolute Gasteiger partial charge is 0.493 e. The van der Waals surface area contributed by atoms with Gasteiger partial charge in [0.2, 0.25) is 0 Å². The Morgan fingerprint density at radius 1 is 0.962 bits per heavy atom. The van der Waals surface area contributed by atoms with Crippen molar-refractivity contribution in [3.63, 3.8) is 0 Å². The Labute approximate surface area is 147 Å². The second kappa shape index (κ2) is 7.88. The number of nitro groups is 2. The highest BCUT2D eigenvalue weighted by atomic mass is 16.6. The van der Waals surface area contributed by atoms with E-state index in [1.807, 2.05) is 0 Å². The maximum Gasteiger partial charge on any atom is 0.284 e. The number of carbonyl (C=O) groups excluding carboxylic acids is 1. The molecule has 0 N–H and O–H groups in total. The second-order valence-electron chi connectivity index (χ2n) is 5.03. The molecule has 9 nitrogen and oxygen atoms in total. The fourth-order valence-electron chi connectivity index (χ4n) is 2.19. The van der Waals surface area contributed by atoms with Crippen molar-refractivity contribution >= 4 is 23.2 Å². The maximum absolute atomic E-state index is 12.4. The number of hydrogen-bond donors (Lipinski definition) is 0. The monoisotopic (exact) mass is 358 g/mol. The van der Waals surface area contributed by atoms with Gasteiger partial charge in [0.15, 0.2) is 17.3 Å². The molecule has 0 unspecified atom stereocenters. The molecule has 0 aliphatic heterocycles. The third-order valence-electron chi connectivity index (χ3n) is 3.50. The van der Waals surface area contributed by atoms with Gasteiger partial charge in [0, 0.05) is 18.2 Å². The molecule has 0 radical (unpaired) electrons. The summed E-state index contributed by atoms with van der Waals surface area (Å²) in [5.74, 6) is -0.295. The number of non-ortho nitro benzene ring substituents is 1. The molecule has 2 aromatic rings. The smallest absolute Gasteiger partial charge is 0.284 e. The molecule has 0 amide bonds. The molecule has 0 heterocycles. The standard InChI is InChI=1S/C17H14N2O7/c1-25-16-9-13(14(19(23)24)10-17(16)26-2)15(20)8-5-11-3-6-12(7-4-11)18(21)22/h3-10H,1-2H3/b8-5+. The molecular weight excluding hydrogens is 344 g/mol. The summed E-state index contributed by atoms with van der Waals surface area (Å²) in [6, 6.07) is 7.87. The number of ether oxygens (including phenoxy) is 2. The van der Waals surface area contributed by atoms with E-state index in [1.165, 1.54) is 50.6 Å². The summed E-state index contributed by atoms with van der Waals surface area (Å²) in [6.07, 6.45) is 2.56. The lowest BCUT2D eigenvalue weighted by atomic mass is 10.1. The van der Waals surface area contributed by atoms with Crippen LogP contribution in [-0.2, 0) is 0 Å². The van der Waals surface area contributed by atoms with Gasteiger partial charge in [-0.1, -0.05) is 6.08 Å². The van der Waals surface area contributed by atoms with Gasteiger partial charge in [0.05, 0.1) is 30.1 Å². The molecule has 0 saturated carbocycles. The lowest BCUT2D eigenvalue weighted by Crippen LogP contribution is -2.03. The Hall–Kier alpha value is -3.75. The first-order chi connectivity index (χ1) is 12.4. The van der Waals surface area contributed by atoms with E-state index in [1.54, 1.807) is 0 Å². The molecule has 0 aromatic heterocycles. The van der Waals surface area contributed by atoms with Gasteiger partial charge in [-0.25, -0.2) is 0 Å². The van der Waals surface area contributed by atoms with Crippen molar-refractivity contribution in [3.05, 3.63) is 73.8 Å². The van der Waals surface area contributed by atoms with Crippen molar-refractivity contribution in [3.8, 4) is 11.5 Å². The molecule has 0 fully saturated rings. The summed E-state index contributed by atoms with van der Waals surface area (Å²) in [6.45, 7) is 0. The van der Waals surface area contributed by atoms with Crippen molar-refractivity contribution in [1.82, 2.24) is 0 Å². The predicted molar refractivity (Wildman–Crippen MR) is 92.7 cm³/mol. The molecule has 134 valence electrons. The maximum atomic E-state index is 12.4. The highest BCUT2D eigenvalue weighted by Crippen LogP contribution is 2.34. The molecule has 2 rings (SSSR count). The molecule has 2 aromatic carbocycles. The van der Waals surface area contributed by atoms with Crippen molar-refractivity contribution in [1.29, 1.82) is 0 Å². The number of methoxy groups -OCH3 is 2. The van der Waals surface area contributed by atoms with E-state index in [2.05, 4.69) is 0 Å². The average Bonchev–Trinajstić information content (AvgIpc) is 2.65. The summed E-state index contributed by atoms with van der Waals surface area (Å²) >= 11 is 0. The second-order valence-corrected chi connectivity index (χ2v) is 5.03. The van der Waals surface area contributed by atoms with E-state index in [4.69, 9.17) is 9.47 Å². The quantitative estimate of drug-likeness (QED) is 0.322. The molecule has 0 bridgehead atoms. The van der Waals surface area contributed by atoms with Crippen LogP contribution in [0.5, 0.6) is 11.5 Å². The third-order valence-corrected chi connectivity index (χ3v) is 3.50. The van der Waals surface area contributed by atoms with Crippen LogP contribution in [0, 0.1) is 20.2 Å². The average molecular weight is 358 g/mol. The van der Waals surface area contributed by atoms with E-state index in [9.17, 15) is 25.0 Å². The van der Waals surface area contributed by atoms with Gasteiger partial charge in [0.1, 0.15) is 5.56 Å². The van der Waals surface area contributed by atoms with Crippen molar-refractivity contribution in [2.45, 2.75) is 0 Å². The zero-order valence-electron chi connectivity index (χ0n) is 13.9. The van der Waals surface area contributed by atoms with Crippen molar-refractivity contribution in [2.24, 2.45) is 0 Å². The van der Waals surface area contributed by atoms with Crippen molar-refractivity contribution < 1.29 is 24.1 Å². The summed E-state index contributed by atoms with van der Waals surface area (Å²) in [5.41, 5.74) is -0.122. The summed E-state index contributed by atoms with van der Waals surface area (Å²) in [7, 11) is 2.68. The van der Waals surface area contributed by atoms with Gasteiger partial charge < -0.3 is 9.47 Å². The number of nitro benzene ring substituents is 2. The number of carbonyl (C=O) groups is 1. The first-order valence-electron chi connectivity index (χ1n) is 7.24. The minimum atomic E-state index is -0.686. The van der Waals surface area contributed by atoms with Crippen LogP contribution in [-0.4, -0.2) is 29.8 Å². The lowest BCUT2D eigenvalue weighted by Gasteiger charge is -2.09. The normalized spacial score (nSPS) is 10.5. The van der Waals surface area contributed by atoms with E-state index < -0.39 is 21.3 Å². The van der Waals surface area contributed by atoms with Crippen LogP contribution in [0.1, 0.15) is 15.9 Å². The van der Waals surface area contributed by atoms with E-state index in [-0.39, 0.29) is 22.7 Å². The van der Waals surface area contributed by atoms with Gasteiger partial charge in [-0.2, -0.15) is 0 Å². The number of nitrogens with zero attached hydrogens (tertiary/aromatic N) is 2. The van der Waals surface area contributed by atoms with Gasteiger partial charge in [-0.05, 0) is 23.8 Å². The van der Waals surface area contributed by atoms with Crippen LogP contribution >= 0.6 is 0 Å². The van der Waals surface area contributed by atoms with Crippen LogP contribution in [0.4, 0.5) is 11.4 Å². The van der Waals surface area contributed by atoms with E-state index in [0.717, 1.165) is 12.1 Å². The molecule has 0 saturated heterocycles. The minimum absolute atomic E-state index is 0.0796. The van der Waals surface area contributed by atoms with Gasteiger partial charge in [0.25, 0.3) is 11.4 Å². The Morgan fingerprint density at radius 2 is 1.54 bits per heavy atom. The SMILES string of the molecule is COc1cc(C(=O)/C=C/c2ccc([N+](=O)[O-])cc2)c([N+](=O)[O-])cc1OC. The number of rotatable bonds is 7. The molecule has 26 heavy (non-hydrogen) atoms. The number of allylic oxidation sites excluding steroid dienone is 1. The molecule has 0 aliphatic rings. The number of benzene rings is 2. The Balaban J connectivity index is 2.36. The Bertz CT molecular complexity index is 889. The van der Waals surface area contributed by atoms with Crippen LogP contribution in [0.2, 0.25) is 0 Å². The summed E-state index contributed by atoms with van der Waals surface area (Å²) < 4.78 is 10.1. The van der Waals surface area contributed by atoms with Gasteiger partial charge >= 0.3 is 0 Å². The minimum Gasteiger partial charge on any atom is -0.493 e. The highest BCUT2D eigenvalue weighted by molar-refractivity contribution is 6.10. The topological polar surface area (TPSA) is 122 Å². The molecule has 0 atom stereocenters. The Kier molecular flexibility index (Phi) is 5.63. The zero-order valence-corrected chi connectivity index (χ0v) is 13.9. The van der Waals surface area contributed by atoms with Crippen LogP contribution < -0.4 is 9.47 Å². The number of ketones is 1. The zero-order chi connectivity index (χ0) is 19.3. The van der Waals surface area contributed by atoms with Gasteiger partial charge in [-0.3, -0.25) is 25.0 Å². The third kappa shape index (κ3) is 4.01. The predicted octanol–water partition coefficient (Wildman–Crippen LogP) is 3.42. The molecule has 9 heteroatoms. The van der Waals surface area contributed by atoms with Gasteiger partial charge in [-0.15, -0.1) is 0 Å². The number of hydrogen-bond acceptors (Lipinski definition) is 7. The Morgan fingerprint density at radius 3 is 2.04 bits per heavy atom. The van der Waals surface area contributed by atoms with Crippen LogP contribution in [0.25, 0.3) is 6.08 Å². The summed E-state index contributed by atoms with van der Waals surface area (Å²) in [4.78, 5) is 33.0. The van der Waals surface area contributed by atoms with E-state index >= 15 is 0 Å². The summed E-state index contributed by atoms with van der Waals surface area (Å²) in [5, 5.41) is 21.9. The first-order valence-corrected chi connectivity index (χ1v) is 7.24. The molecular formula is C17H14N2O7. The van der Waals surface area contributed by atoms with Crippen LogP contribution in [0.3, 0.4) is 0 Å². The van der Waals surface area contributed by atoms with E-state index in [0.29, 0.717) is 5.56 Å². The fraction of sp³-hybridized carbons (Fsp3) is 0.118. The lowest BCUT2D eigenvalue weighted by molar-refractivity contribution is -0.385. The highest BCUT2D eigenvalue weighted by Gasteiger charge is 2.23. The van der Waals surface area contributed by atoms with Crippen molar-refractivity contribution in [2.75, 3.05) is 14.2 Å². The van der Waals surface area contributed by atoms with Crippen LogP contribution in [0.15, 0.2) is 42.5 Å².